The van der Waals surface area contributed by atoms with Gasteiger partial charge in [-0.15, -0.1) is 0 Å². The van der Waals surface area contributed by atoms with Crippen LogP contribution in [0.4, 0.5) is 0 Å². The molecule has 0 saturated carbocycles. The summed E-state index contributed by atoms with van der Waals surface area (Å²) in [5, 5.41) is 0. The van der Waals surface area contributed by atoms with E-state index in [0.29, 0.717) is 33.0 Å². The molecule has 41 heavy (non-hydrogen) atoms. The van der Waals surface area contributed by atoms with Gasteiger partial charge in [0.15, 0.2) is 4.80 Å². The zero-order chi connectivity index (χ0) is 29.1. The number of hydrogen-bond acceptors (Lipinski definition) is 7. The molecule has 210 valence electrons. The van der Waals surface area contributed by atoms with Crippen LogP contribution in [0.2, 0.25) is 0 Å². The summed E-state index contributed by atoms with van der Waals surface area (Å²) in [6, 6.07) is 20.1. The lowest BCUT2D eigenvalue weighted by Gasteiger charge is -2.26. The first-order chi connectivity index (χ1) is 19.9. The molecule has 0 unspecified atom stereocenters. The van der Waals surface area contributed by atoms with Crippen molar-refractivity contribution in [1.82, 2.24) is 4.57 Å². The Bertz CT molecular complexity index is 1790. The molecule has 0 fully saturated rings. The zero-order valence-electron chi connectivity index (χ0n) is 22.5. The van der Waals surface area contributed by atoms with Gasteiger partial charge in [-0.2, -0.15) is 0 Å². The highest BCUT2D eigenvalue weighted by Crippen LogP contribution is 2.36. The molecule has 0 bridgehead atoms. The van der Waals surface area contributed by atoms with Gasteiger partial charge < -0.3 is 14.2 Å². The number of carbonyl (C=O) groups is 1. The number of methoxy groups -OCH3 is 1. The highest BCUT2D eigenvalue weighted by Gasteiger charge is 2.35. The molecule has 0 radical (unpaired) electrons. The number of halogens is 2. The molecule has 10 heteroatoms. The summed E-state index contributed by atoms with van der Waals surface area (Å²) in [7, 11) is 1.60. The van der Waals surface area contributed by atoms with Gasteiger partial charge in [0, 0.05) is 5.56 Å². The van der Waals surface area contributed by atoms with Crippen molar-refractivity contribution in [3.63, 3.8) is 0 Å². The van der Waals surface area contributed by atoms with Gasteiger partial charge in [-0.25, -0.2) is 9.79 Å². The van der Waals surface area contributed by atoms with Gasteiger partial charge >= 0.3 is 5.97 Å². The highest BCUT2D eigenvalue weighted by atomic mass is 127. The van der Waals surface area contributed by atoms with Crippen molar-refractivity contribution in [3.05, 3.63) is 116 Å². The van der Waals surface area contributed by atoms with Crippen LogP contribution in [-0.2, 0) is 9.53 Å². The van der Waals surface area contributed by atoms with E-state index in [9.17, 15) is 9.59 Å². The number of ether oxygens (including phenoxy) is 3. The Morgan fingerprint density at radius 3 is 2.32 bits per heavy atom. The molecule has 1 aliphatic heterocycles. The Kier molecular flexibility index (Phi) is 9.29. The zero-order valence-corrected chi connectivity index (χ0v) is 27.7. The van der Waals surface area contributed by atoms with Crippen LogP contribution >= 0.6 is 56.5 Å². The summed E-state index contributed by atoms with van der Waals surface area (Å²) in [6.07, 6.45) is 1.87. The average molecular weight is 792 g/mol. The maximum atomic E-state index is 14.1. The van der Waals surface area contributed by atoms with Crippen molar-refractivity contribution >= 4 is 74.3 Å². The Morgan fingerprint density at radius 2 is 1.71 bits per heavy atom. The SMILES string of the molecule is CCOC(=O)C1=C(c2ccccc2)N=c2s/c(=C\c3cc(I)c(OCC)c(I)c3)c(=O)n2[C@H]1c1ccc(OC)cc1. The van der Waals surface area contributed by atoms with E-state index in [-0.39, 0.29) is 12.2 Å². The van der Waals surface area contributed by atoms with Crippen LogP contribution in [0.1, 0.15) is 36.6 Å². The number of carbonyl (C=O) groups excluding carboxylic acids is 1. The summed E-state index contributed by atoms with van der Waals surface area (Å²) < 4.78 is 20.7. The van der Waals surface area contributed by atoms with E-state index in [0.717, 1.165) is 29.6 Å². The van der Waals surface area contributed by atoms with E-state index in [1.54, 1.807) is 18.6 Å². The summed E-state index contributed by atoms with van der Waals surface area (Å²) in [5.41, 5.74) is 2.95. The standard InChI is InChI=1S/C31H26I2N2O5S/c1-4-39-28-22(32)15-18(16-23(28)33)17-24-29(36)35-27(20-11-13-21(38-3)14-12-20)25(30(37)40-5-2)26(34-31(35)41-24)19-9-7-6-8-10-19/h6-17,27H,4-5H2,1-3H3/b24-17-/t27-/m0/s1. The van der Waals surface area contributed by atoms with Crippen LogP contribution in [0.15, 0.2) is 82.1 Å². The Hall–Kier alpha value is -2.97. The summed E-state index contributed by atoms with van der Waals surface area (Å²) in [6.45, 7) is 4.48. The van der Waals surface area contributed by atoms with Crippen molar-refractivity contribution < 1.29 is 19.0 Å². The number of nitrogens with zero attached hydrogens (tertiary/aromatic N) is 2. The predicted octanol–water partition coefficient (Wildman–Crippen LogP) is 5.55. The van der Waals surface area contributed by atoms with Gasteiger partial charge in [0.1, 0.15) is 11.5 Å². The maximum Gasteiger partial charge on any atom is 0.338 e. The van der Waals surface area contributed by atoms with Crippen LogP contribution in [0, 0.1) is 7.14 Å². The monoisotopic (exact) mass is 792 g/mol. The van der Waals surface area contributed by atoms with Crippen molar-refractivity contribution in [2.75, 3.05) is 20.3 Å². The van der Waals surface area contributed by atoms with Gasteiger partial charge in [0.2, 0.25) is 0 Å². The summed E-state index contributed by atoms with van der Waals surface area (Å²) in [5.74, 6) is 0.991. The first kappa shape index (κ1) is 29.5. The molecule has 7 nitrogen and oxygen atoms in total. The van der Waals surface area contributed by atoms with Crippen molar-refractivity contribution in [2.24, 2.45) is 4.99 Å². The number of rotatable bonds is 8. The van der Waals surface area contributed by atoms with E-state index in [1.807, 2.05) is 79.7 Å². The molecule has 5 rings (SSSR count). The molecule has 0 aliphatic carbocycles. The predicted molar refractivity (Wildman–Crippen MR) is 177 cm³/mol. The molecule has 1 atom stereocenters. The molecule has 0 saturated heterocycles. The van der Waals surface area contributed by atoms with Gasteiger partial charge in [0.25, 0.3) is 5.56 Å². The fraction of sp³-hybridized carbons (Fsp3) is 0.194. The number of aromatic nitrogens is 1. The van der Waals surface area contributed by atoms with Crippen molar-refractivity contribution in [2.45, 2.75) is 19.9 Å². The third kappa shape index (κ3) is 6.00. The molecule has 0 amide bonds. The lowest BCUT2D eigenvalue weighted by molar-refractivity contribution is -0.138. The smallest absolute Gasteiger partial charge is 0.338 e. The number of esters is 1. The number of fused-ring (bicyclic) bond motifs is 1. The fourth-order valence-corrected chi connectivity index (χ4v) is 7.77. The molecule has 0 spiro atoms. The largest absolute Gasteiger partial charge is 0.497 e. The number of thiazole rings is 1. The topological polar surface area (TPSA) is 79.1 Å². The average Bonchev–Trinajstić information content (AvgIpc) is 3.29. The highest BCUT2D eigenvalue weighted by molar-refractivity contribution is 14.1. The molecule has 2 heterocycles. The molecule has 4 aromatic rings. The molecule has 1 aromatic heterocycles. The molecule has 3 aromatic carbocycles. The van der Waals surface area contributed by atoms with E-state index < -0.39 is 12.0 Å². The Morgan fingerprint density at radius 1 is 1.02 bits per heavy atom. The lowest BCUT2D eigenvalue weighted by atomic mass is 9.93. The molecular formula is C31H26I2N2O5S. The second-order valence-corrected chi connectivity index (χ2v) is 12.3. The minimum absolute atomic E-state index is 0.194. The van der Waals surface area contributed by atoms with Crippen LogP contribution < -0.4 is 24.4 Å². The minimum Gasteiger partial charge on any atom is -0.497 e. The quantitative estimate of drug-likeness (QED) is 0.173. The van der Waals surface area contributed by atoms with E-state index in [4.69, 9.17) is 19.2 Å². The first-order valence-corrected chi connectivity index (χ1v) is 15.9. The second-order valence-electron chi connectivity index (χ2n) is 8.95. The number of benzene rings is 3. The minimum atomic E-state index is -0.742. The first-order valence-electron chi connectivity index (χ1n) is 12.9. The van der Waals surface area contributed by atoms with E-state index >= 15 is 0 Å². The third-order valence-electron chi connectivity index (χ3n) is 6.41. The summed E-state index contributed by atoms with van der Waals surface area (Å²) >= 11 is 5.80. The van der Waals surface area contributed by atoms with Crippen molar-refractivity contribution in [1.29, 1.82) is 0 Å². The van der Waals surface area contributed by atoms with Gasteiger partial charge in [-0.3, -0.25) is 9.36 Å². The van der Waals surface area contributed by atoms with Gasteiger partial charge in [-0.05, 0) is 100 Å². The Balaban J connectivity index is 1.78. The van der Waals surface area contributed by atoms with E-state index in [2.05, 4.69) is 45.2 Å². The molecule has 1 aliphatic rings. The second kappa shape index (κ2) is 12.9. The molecular weight excluding hydrogens is 766 g/mol. The third-order valence-corrected chi connectivity index (χ3v) is 9.00. The van der Waals surface area contributed by atoms with Gasteiger partial charge in [-0.1, -0.05) is 53.8 Å². The van der Waals surface area contributed by atoms with Crippen LogP contribution in [0.25, 0.3) is 11.8 Å². The van der Waals surface area contributed by atoms with Crippen LogP contribution in [0.3, 0.4) is 0 Å². The molecule has 0 N–H and O–H groups in total. The Labute approximate surface area is 268 Å². The van der Waals surface area contributed by atoms with Gasteiger partial charge in [0.05, 0.1) is 49.3 Å². The van der Waals surface area contributed by atoms with E-state index in [1.165, 1.54) is 11.3 Å². The van der Waals surface area contributed by atoms with Crippen molar-refractivity contribution in [3.8, 4) is 11.5 Å². The number of hydrogen-bond donors (Lipinski definition) is 0. The lowest BCUT2D eigenvalue weighted by Crippen LogP contribution is -2.40. The normalized spacial score (nSPS) is 14.9. The summed E-state index contributed by atoms with van der Waals surface area (Å²) in [4.78, 5) is 33.1. The fourth-order valence-electron chi connectivity index (χ4n) is 4.64. The maximum absolute atomic E-state index is 14.1. The van der Waals surface area contributed by atoms with Crippen LogP contribution in [-0.4, -0.2) is 30.9 Å². The van der Waals surface area contributed by atoms with Crippen LogP contribution in [0.5, 0.6) is 11.5 Å².